The Balaban J connectivity index is 2.92. The second-order valence-electron chi connectivity index (χ2n) is 2.42. The monoisotopic (exact) mass is 187 g/mol. The van der Waals surface area contributed by atoms with Crippen molar-refractivity contribution >= 4 is 5.69 Å². The molecule has 0 atom stereocenters. The molecule has 0 heterocycles. The molecule has 13 heavy (non-hydrogen) atoms. The Morgan fingerprint density at radius 2 is 1.77 bits per heavy atom. The number of halogens is 3. The zero-order chi connectivity index (χ0) is 9.84. The lowest BCUT2D eigenvalue weighted by atomic mass is 10.3. The molecule has 0 aromatic heterocycles. The molecule has 1 nitrogen and oxygen atoms in total. The fourth-order valence-corrected chi connectivity index (χ4v) is 0.848. The maximum atomic E-state index is 12.6. The van der Waals surface area contributed by atoms with E-state index in [0.29, 0.717) is 6.54 Å². The summed E-state index contributed by atoms with van der Waals surface area (Å²) >= 11 is 0. The van der Waals surface area contributed by atoms with Gasteiger partial charge in [-0.3, -0.25) is 0 Å². The Bertz CT molecular complexity index is 300. The summed E-state index contributed by atoms with van der Waals surface area (Å²) in [4.78, 5) is 0. The molecule has 0 fully saturated rings. The Kier molecular flexibility index (Phi) is 2.95. The van der Waals surface area contributed by atoms with Gasteiger partial charge in [-0.05, 0) is 0 Å². The number of benzene rings is 1. The zero-order valence-electron chi connectivity index (χ0n) is 6.78. The van der Waals surface area contributed by atoms with Crippen LogP contribution in [0.15, 0.2) is 24.8 Å². The first-order valence-electron chi connectivity index (χ1n) is 3.64. The third-order valence-electron chi connectivity index (χ3n) is 1.43. The summed E-state index contributed by atoms with van der Waals surface area (Å²) in [5.74, 6) is -3.86. The Hall–Kier alpha value is -1.45. The molecule has 1 rings (SSSR count). The van der Waals surface area contributed by atoms with Crippen molar-refractivity contribution in [3.05, 3.63) is 42.2 Å². The van der Waals surface area contributed by atoms with Crippen molar-refractivity contribution in [2.45, 2.75) is 0 Å². The molecule has 0 saturated heterocycles. The lowest BCUT2D eigenvalue weighted by molar-refractivity contribution is 0.448. The molecule has 0 bridgehead atoms. The van der Waals surface area contributed by atoms with Crippen LogP contribution in [0.25, 0.3) is 0 Å². The highest BCUT2D eigenvalue weighted by atomic mass is 19.2. The second kappa shape index (κ2) is 3.98. The van der Waals surface area contributed by atoms with Gasteiger partial charge >= 0.3 is 0 Å². The largest absolute Gasteiger partial charge is 0.381 e. The predicted molar refractivity (Wildman–Crippen MR) is 45.0 cm³/mol. The van der Waals surface area contributed by atoms with E-state index >= 15 is 0 Å². The molecule has 0 aliphatic heterocycles. The first kappa shape index (κ1) is 9.64. The van der Waals surface area contributed by atoms with E-state index in [1.165, 1.54) is 6.08 Å². The van der Waals surface area contributed by atoms with E-state index in [0.717, 1.165) is 12.1 Å². The highest BCUT2D eigenvalue weighted by Crippen LogP contribution is 2.16. The van der Waals surface area contributed by atoms with Crippen molar-refractivity contribution in [1.29, 1.82) is 0 Å². The molecule has 0 unspecified atom stereocenters. The molecule has 1 N–H and O–H groups in total. The van der Waals surface area contributed by atoms with E-state index in [4.69, 9.17) is 0 Å². The number of hydrogen-bond acceptors (Lipinski definition) is 1. The SMILES string of the molecule is C=CCNc1cc(F)c(F)c(F)c1. The van der Waals surface area contributed by atoms with Crippen LogP contribution in [0.2, 0.25) is 0 Å². The predicted octanol–water partition coefficient (Wildman–Crippen LogP) is 2.70. The Morgan fingerprint density at radius 1 is 1.23 bits per heavy atom. The van der Waals surface area contributed by atoms with Crippen LogP contribution in [0.1, 0.15) is 0 Å². The molecular formula is C9H8F3N. The molecule has 0 aliphatic rings. The van der Waals surface area contributed by atoms with E-state index in [-0.39, 0.29) is 5.69 Å². The summed E-state index contributed by atoms with van der Waals surface area (Å²) in [6, 6.07) is 1.78. The number of rotatable bonds is 3. The summed E-state index contributed by atoms with van der Waals surface area (Å²) in [6.45, 7) is 3.78. The molecule has 1 aromatic carbocycles. The first-order chi connectivity index (χ1) is 6.15. The molecule has 1 aromatic rings. The fourth-order valence-electron chi connectivity index (χ4n) is 0.848. The molecule has 0 aliphatic carbocycles. The van der Waals surface area contributed by atoms with Gasteiger partial charge in [0.25, 0.3) is 0 Å². The zero-order valence-corrected chi connectivity index (χ0v) is 6.78. The summed E-state index contributed by atoms with van der Waals surface area (Å²) in [7, 11) is 0. The summed E-state index contributed by atoms with van der Waals surface area (Å²) < 4.78 is 37.6. The average molecular weight is 187 g/mol. The van der Waals surface area contributed by atoms with Crippen LogP contribution < -0.4 is 5.32 Å². The minimum absolute atomic E-state index is 0.191. The fraction of sp³-hybridized carbons (Fsp3) is 0.111. The van der Waals surface area contributed by atoms with Crippen molar-refractivity contribution in [3.8, 4) is 0 Å². The van der Waals surface area contributed by atoms with Gasteiger partial charge in [0.15, 0.2) is 17.5 Å². The first-order valence-corrected chi connectivity index (χ1v) is 3.64. The summed E-state index contributed by atoms with van der Waals surface area (Å²) in [5, 5.41) is 2.64. The topological polar surface area (TPSA) is 12.0 Å². The molecule has 0 spiro atoms. The van der Waals surface area contributed by atoms with Gasteiger partial charge < -0.3 is 5.32 Å². The van der Waals surface area contributed by atoms with E-state index in [1.54, 1.807) is 0 Å². The minimum atomic E-state index is -1.45. The maximum Gasteiger partial charge on any atom is 0.194 e. The quantitative estimate of drug-likeness (QED) is 0.566. The van der Waals surface area contributed by atoms with E-state index in [2.05, 4.69) is 11.9 Å². The highest BCUT2D eigenvalue weighted by Gasteiger charge is 2.09. The van der Waals surface area contributed by atoms with E-state index < -0.39 is 17.5 Å². The van der Waals surface area contributed by atoms with Crippen LogP contribution in [0.4, 0.5) is 18.9 Å². The number of anilines is 1. The van der Waals surface area contributed by atoms with Crippen molar-refractivity contribution in [2.75, 3.05) is 11.9 Å². The molecular weight excluding hydrogens is 179 g/mol. The standard InChI is InChI=1S/C9H8F3N/c1-2-3-13-6-4-7(10)9(12)8(11)5-6/h2,4-5,13H,1,3H2. The average Bonchev–Trinajstić information content (AvgIpc) is 2.10. The molecule has 0 saturated carbocycles. The summed E-state index contributed by atoms with van der Waals surface area (Å²) in [5.41, 5.74) is 0.191. The van der Waals surface area contributed by atoms with E-state index in [1.807, 2.05) is 0 Å². The normalized spacial score (nSPS) is 9.77. The lowest BCUT2D eigenvalue weighted by Crippen LogP contribution is -2.00. The van der Waals surface area contributed by atoms with Gasteiger partial charge in [0.05, 0.1) is 0 Å². The summed E-state index contributed by atoms with van der Waals surface area (Å²) in [6.07, 6.45) is 1.53. The third-order valence-corrected chi connectivity index (χ3v) is 1.43. The smallest absolute Gasteiger partial charge is 0.194 e. The van der Waals surface area contributed by atoms with Gasteiger partial charge in [-0.15, -0.1) is 6.58 Å². The molecule has 70 valence electrons. The van der Waals surface area contributed by atoms with Crippen LogP contribution in [-0.2, 0) is 0 Å². The Labute approximate surface area is 73.9 Å². The minimum Gasteiger partial charge on any atom is -0.381 e. The van der Waals surface area contributed by atoms with Crippen molar-refractivity contribution in [2.24, 2.45) is 0 Å². The maximum absolute atomic E-state index is 12.6. The Morgan fingerprint density at radius 3 is 2.23 bits per heavy atom. The van der Waals surface area contributed by atoms with Gasteiger partial charge in [0.2, 0.25) is 0 Å². The van der Waals surface area contributed by atoms with Gasteiger partial charge in [-0.25, -0.2) is 13.2 Å². The van der Waals surface area contributed by atoms with Crippen LogP contribution in [0.3, 0.4) is 0 Å². The van der Waals surface area contributed by atoms with Crippen LogP contribution in [0.5, 0.6) is 0 Å². The van der Waals surface area contributed by atoms with Crippen LogP contribution in [-0.4, -0.2) is 6.54 Å². The van der Waals surface area contributed by atoms with Crippen molar-refractivity contribution in [3.63, 3.8) is 0 Å². The van der Waals surface area contributed by atoms with Crippen LogP contribution in [0, 0.1) is 17.5 Å². The van der Waals surface area contributed by atoms with Crippen molar-refractivity contribution < 1.29 is 13.2 Å². The van der Waals surface area contributed by atoms with Gasteiger partial charge in [-0.2, -0.15) is 0 Å². The number of hydrogen-bond donors (Lipinski definition) is 1. The highest BCUT2D eigenvalue weighted by molar-refractivity contribution is 5.44. The third kappa shape index (κ3) is 2.24. The molecule has 4 heteroatoms. The van der Waals surface area contributed by atoms with Crippen molar-refractivity contribution in [1.82, 2.24) is 0 Å². The van der Waals surface area contributed by atoms with Gasteiger partial charge in [0, 0.05) is 24.4 Å². The number of nitrogens with one attached hydrogen (secondary N) is 1. The lowest BCUT2D eigenvalue weighted by Gasteiger charge is -2.03. The molecule has 0 amide bonds. The van der Waals surface area contributed by atoms with Gasteiger partial charge in [-0.1, -0.05) is 6.08 Å². The molecule has 0 radical (unpaired) electrons. The van der Waals surface area contributed by atoms with Gasteiger partial charge in [0.1, 0.15) is 0 Å². The van der Waals surface area contributed by atoms with E-state index in [9.17, 15) is 13.2 Å². The second-order valence-corrected chi connectivity index (χ2v) is 2.42. The van der Waals surface area contributed by atoms with Crippen LogP contribution >= 0.6 is 0 Å².